The molecule has 0 saturated heterocycles. The largest absolute Gasteiger partial charge is 0.489 e. The van der Waals surface area contributed by atoms with Crippen LogP contribution in [0.2, 0.25) is 0 Å². The second kappa shape index (κ2) is 8.70. The van der Waals surface area contributed by atoms with Gasteiger partial charge in [0.25, 0.3) is 0 Å². The van der Waals surface area contributed by atoms with Crippen LogP contribution in [0.15, 0.2) is 55.1 Å². The molecule has 0 spiro atoms. The maximum absolute atomic E-state index is 11.0. The number of benzene rings is 2. The number of rotatable bonds is 8. The Hall–Kier alpha value is -2.55. The van der Waals surface area contributed by atoms with E-state index in [0.29, 0.717) is 13.0 Å². The van der Waals surface area contributed by atoms with Gasteiger partial charge in [-0.1, -0.05) is 36.4 Å². The molecule has 0 bridgehead atoms. The van der Waals surface area contributed by atoms with Gasteiger partial charge in [0.2, 0.25) is 0 Å². The van der Waals surface area contributed by atoms with Gasteiger partial charge in [0.1, 0.15) is 12.4 Å². The zero-order valence-corrected chi connectivity index (χ0v) is 15.1. The molecule has 0 amide bonds. The minimum atomic E-state index is -0.787. The van der Waals surface area contributed by atoms with Crippen molar-refractivity contribution in [1.82, 2.24) is 0 Å². The first kappa shape index (κ1) is 18.2. The molecule has 1 atom stereocenters. The van der Waals surface area contributed by atoms with E-state index in [1.54, 1.807) is 6.08 Å². The summed E-state index contributed by atoms with van der Waals surface area (Å²) in [5.41, 5.74) is 5.16. The minimum Gasteiger partial charge on any atom is -0.489 e. The quantitative estimate of drug-likeness (QED) is 0.659. The van der Waals surface area contributed by atoms with Crippen LogP contribution in [0.3, 0.4) is 0 Å². The molecule has 3 nitrogen and oxygen atoms in total. The SMILES string of the molecule is C=CCC(CC(=O)O)c1ccc(OCc2ccc3c(c2)CCCC3)cc1. The van der Waals surface area contributed by atoms with Gasteiger partial charge in [0.15, 0.2) is 0 Å². The fourth-order valence-corrected chi connectivity index (χ4v) is 3.63. The summed E-state index contributed by atoms with van der Waals surface area (Å²) in [6, 6.07) is 14.4. The Morgan fingerprint density at radius 3 is 2.54 bits per heavy atom. The highest BCUT2D eigenvalue weighted by Crippen LogP contribution is 2.27. The Morgan fingerprint density at radius 2 is 1.85 bits per heavy atom. The van der Waals surface area contributed by atoms with Crippen LogP contribution in [0, 0.1) is 0 Å². The normalized spacial score (nSPS) is 14.3. The number of carboxylic acid groups (broad SMARTS) is 1. The first-order chi connectivity index (χ1) is 12.7. The van der Waals surface area contributed by atoms with E-state index >= 15 is 0 Å². The van der Waals surface area contributed by atoms with E-state index in [9.17, 15) is 4.79 Å². The summed E-state index contributed by atoms with van der Waals surface area (Å²) in [6.07, 6.45) is 7.48. The van der Waals surface area contributed by atoms with E-state index in [2.05, 4.69) is 24.8 Å². The van der Waals surface area contributed by atoms with Crippen LogP contribution in [0.5, 0.6) is 5.75 Å². The molecule has 3 rings (SSSR count). The highest BCUT2D eigenvalue weighted by atomic mass is 16.5. The molecule has 136 valence electrons. The molecular weight excluding hydrogens is 324 g/mol. The van der Waals surface area contributed by atoms with Gasteiger partial charge in [0.05, 0.1) is 6.42 Å². The molecule has 0 radical (unpaired) electrons. The molecule has 1 aliphatic rings. The molecule has 1 aliphatic carbocycles. The maximum atomic E-state index is 11.0. The van der Waals surface area contributed by atoms with Crippen molar-refractivity contribution in [1.29, 1.82) is 0 Å². The molecule has 0 fully saturated rings. The number of hydrogen-bond donors (Lipinski definition) is 1. The van der Waals surface area contributed by atoms with Crippen LogP contribution >= 0.6 is 0 Å². The molecule has 3 heteroatoms. The fraction of sp³-hybridized carbons (Fsp3) is 0.348. The first-order valence-electron chi connectivity index (χ1n) is 9.32. The standard InChI is InChI=1S/C23H26O3/c1-2-5-20(15-23(24)25)19-10-12-22(13-11-19)26-16-17-8-9-18-6-3-4-7-21(18)14-17/h2,8-14,20H,1,3-7,15-16H2,(H,24,25). The van der Waals surface area contributed by atoms with E-state index in [1.165, 1.54) is 42.4 Å². The van der Waals surface area contributed by atoms with Gasteiger partial charge in [-0.25, -0.2) is 0 Å². The van der Waals surface area contributed by atoms with Gasteiger partial charge in [-0.05, 0) is 72.4 Å². The highest BCUT2D eigenvalue weighted by Gasteiger charge is 2.14. The van der Waals surface area contributed by atoms with Gasteiger partial charge in [-0.15, -0.1) is 6.58 Å². The molecule has 0 aliphatic heterocycles. The number of aryl methyl sites for hydroxylation is 2. The Morgan fingerprint density at radius 1 is 1.12 bits per heavy atom. The van der Waals surface area contributed by atoms with Crippen molar-refractivity contribution in [3.05, 3.63) is 77.4 Å². The Balaban J connectivity index is 1.62. The highest BCUT2D eigenvalue weighted by molar-refractivity contribution is 5.68. The average Bonchev–Trinajstić information content (AvgIpc) is 2.66. The Kier molecular flexibility index (Phi) is 6.11. The third-order valence-electron chi connectivity index (χ3n) is 5.04. The number of carbonyl (C=O) groups is 1. The van der Waals surface area contributed by atoms with Crippen LogP contribution in [-0.2, 0) is 24.2 Å². The smallest absolute Gasteiger partial charge is 0.303 e. The van der Waals surface area contributed by atoms with E-state index in [1.807, 2.05) is 24.3 Å². The van der Waals surface area contributed by atoms with Crippen LogP contribution in [0.25, 0.3) is 0 Å². The predicted molar refractivity (Wildman–Crippen MR) is 104 cm³/mol. The van der Waals surface area contributed by atoms with E-state index in [0.717, 1.165) is 11.3 Å². The Labute approximate surface area is 155 Å². The van der Waals surface area contributed by atoms with E-state index < -0.39 is 5.97 Å². The second-order valence-electron chi connectivity index (χ2n) is 6.99. The fourth-order valence-electron chi connectivity index (χ4n) is 3.63. The molecular formula is C23H26O3. The molecule has 2 aromatic carbocycles. The van der Waals surface area contributed by atoms with Crippen molar-refractivity contribution in [2.24, 2.45) is 0 Å². The van der Waals surface area contributed by atoms with E-state index in [4.69, 9.17) is 9.84 Å². The van der Waals surface area contributed by atoms with Crippen molar-refractivity contribution >= 4 is 5.97 Å². The lowest BCUT2D eigenvalue weighted by molar-refractivity contribution is -0.137. The third-order valence-corrected chi connectivity index (χ3v) is 5.04. The number of carboxylic acids is 1. The molecule has 2 aromatic rings. The molecule has 26 heavy (non-hydrogen) atoms. The van der Waals surface area contributed by atoms with E-state index in [-0.39, 0.29) is 12.3 Å². The number of allylic oxidation sites excluding steroid dienone is 1. The molecule has 0 aromatic heterocycles. The van der Waals surface area contributed by atoms with Crippen LogP contribution in [-0.4, -0.2) is 11.1 Å². The molecule has 1 unspecified atom stereocenters. The third kappa shape index (κ3) is 4.75. The summed E-state index contributed by atoms with van der Waals surface area (Å²) in [6.45, 7) is 4.28. The van der Waals surface area contributed by atoms with Crippen LogP contribution in [0.1, 0.15) is 53.9 Å². The Bertz CT molecular complexity index is 762. The van der Waals surface area contributed by atoms with Crippen molar-refractivity contribution in [2.75, 3.05) is 0 Å². The first-order valence-corrected chi connectivity index (χ1v) is 9.32. The lowest BCUT2D eigenvalue weighted by atomic mass is 9.90. The minimum absolute atomic E-state index is 0.0419. The summed E-state index contributed by atoms with van der Waals surface area (Å²) in [7, 11) is 0. The molecule has 1 N–H and O–H groups in total. The van der Waals surface area contributed by atoms with Crippen molar-refractivity contribution < 1.29 is 14.6 Å². The summed E-state index contributed by atoms with van der Waals surface area (Å²) >= 11 is 0. The zero-order chi connectivity index (χ0) is 18.4. The maximum Gasteiger partial charge on any atom is 0.303 e. The lowest BCUT2D eigenvalue weighted by Gasteiger charge is -2.17. The van der Waals surface area contributed by atoms with Crippen LogP contribution in [0.4, 0.5) is 0 Å². The number of fused-ring (bicyclic) bond motifs is 1. The summed E-state index contributed by atoms with van der Waals surface area (Å²) in [5, 5.41) is 9.06. The molecule has 0 saturated carbocycles. The lowest BCUT2D eigenvalue weighted by Crippen LogP contribution is -2.06. The summed E-state index contributed by atoms with van der Waals surface area (Å²) in [5.74, 6) is -0.0246. The van der Waals surface area contributed by atoms with Crippen molar-refractivity contribution in [2.45, 2.75) is 51.0 Å². The van der Waals surface area contributed by atoms with Crippen molar-refractivity contribution in [3.63, 3.8) is 0 Å². The van der Waals surface area contributed by atoms with Gasteiger partial charge in [-0.2, -0.15) is 0 Å². The van der Waals surface area contributed by atoms with Crippen molar-refractivity contribution in [3.8, 4) is 5.75 Å². The monoisotopic (exact) mass is 350 g/mol. The summed E-state index contributed by atoms with van der Waals surface area (Å²) < 4.78 is 5.92. The number of ether oxygens (including phenoxy) is 1. The summed E-state index contributed by atoms with van der Waals surface area (Å²) in [4.78, 5) is 11.0. The zero-order valence-electron chi connectivity index (χ0n) is 15.1. The number of hydrogen-bond acceptors (Lipinski definition) is 2. The topological polar surface area (TPSA) is 46.5 Å². The van der Waals surface area contributed by atoms with Gasteiger partial charge < -0.3 is 9.84 Å². The van der Waals surface area contributed by atoms with Gasteiger partial charge in [-0.3, -0.25) is 4.79 Å². The predicted octanol–water partition coefficient (Wildman–Crippen LogP) is 5.28. The number of aliphatic carboxylic acids is 1. The second-order valence-corrected chi connectivity index (χ2v) is 6.99. The molecule has 0 heterocycles. The average molecular weight is 350 g/mol. The van der Waals surface area contributed by atoms with Crippen LogP contribution < -0.4 is 4.74 Å². The van der Waals surface area contributed by atoms with Gasteiger partial charge >= 0.3 is 5.97 Å². The van der Waals surface area contributed by atoms with Gasteiger partial charge in [0, 0.05) is 0 Å².